The summed E-state index contributed by atoms with van der Waals surface area (Å²) in [6, 6.07) is 9.68. The third-order valence-electron chi connectivity index (χ3n) is 4.01. The van der Waals surface area contributed by atoms with Crippen molar-refractivity contribution in [2.45, 2.75) is 12.5 Å². The van der Waals surface area contributed by atoms with Gasteiger partial charge >= 0.3 is 0 Å². The molecule has 1 aliphatic heterocycles. The maximum atomic E-state index is 13.0. The van der Waals surface area contributed by atoms with Crippen LogP contribution in [-0.2, 0) is 6.42 Å². The molecule has 0 saturated carbocycles. The van der Waals surface area contributed by atoms with Gasteiger partial charge in [-0.05, 0) is 47.0 Å². The van der Waals surface area contributed by atoms with Crippen LogP contribution >= 0.6 is 34.3 Å². The number of halogens is 1. The van der Waals surface area contributed by atoms with Gasteiger partial charge in [-0.25, -0.2) is 4.98 Å². The van der Waals surface area contributed by atoms with E-state index in [-0.39, 0.29) is 11.9 Å². The molecular weight excluding hydrogens is 348 g/mol. The summed E-state index contributed by atoms with van der Waals surface area (Å²) in [5.74, 6) is 0.00409. The van der Waals surface area contributed by atoms with Gasteiger partial charge < -0.3 is 4.90 Å². The molecule has 1 amide bonds. The van der Waals surface area contributed by atoms with Crippen molar-refractivity contribution in [3.63, 3.8) is 0 Å². The van der Waals surface area contributed by atoms with Crippen LogP contribution in [0.5, 0.6) is 0 Å². The van der Waals surface area contributed by atoms with Crippen LogP contribution in [0.25, 0.3) is 0 Å². The van der Waals surface area contributed by atoms with Crippen molar-refractivity contribution >= 4 is 40.2 Å². The Balaban J connectivity index is 1.75. The van der Waals surface area contributed by atoms with Crippen LogP contribution in [0.15, 0.2) is 47.3 Å². The van der Waals surface area contributed by atoms with E-state index in [9.17, 15) is 4.79 Å². The molecule has 0 bridgehead atoms. The molecule has 3 aromatic rings. The van der Waals surface area contributed by atoms with E-state index in [1.54, 1.807) is 41.0 Å². The summed E-state index contributed by atoms with van der Waals surface area (Å²) in [6.07, 6.45) is 2.46. The fourth-order valence-electron chi connectivity index (χ4n) is 2.96. The highest BCUT2D eigenvalue weighted by Gasteiger charge is 2.33. The zero-order valence-electron chi connectivity index (χ0n) is 12.1. The van der Waals surface area contributed by atoms with Gasteiger partial charge in [-0.1, -0.05) is 17.7 Å². The summed E-state index contributed by atoms with van der Waals surface area (Å²) < 4.78 is 0. The minimum atomic E-state index is -0.00632. The van der Waals surface area contributed by atoms with E-state index in [1.165, 1.54) is 15.3 Å². The first-order valence-corrected chi connectivity index (χ1v) is 9.40. The normalized spacial score (nSPS) is 17.1. The topological polar surface area (TPSA) is 33.2 Å². The van der Waals surface area contributed by atoms with E-state index in [1.807, 2.05) is 11.0 Å². The number of carbonyl (C=O) groups is 1. The number of pyridine rings is 1. The first-order chi connectivity index (χ1) is 11.2. The number of carbonyl (C=O) groups excluding carboxylic acids is 1. The lowest BCUT2D eigenvalue weighted by molar-refractivity contribution is 0.0698. The van der Waals surface area contributed by atoms with Crippen molar-refractivity contribution in [3.8, 4) is 0 Å². The molecule has 0 saturated heterocycles. The molecule has 0 radical (unpaired) electrons. The second-order valence-corrected chi connectivity index (χ2v) is 7.70. The zero-order valence-corrected chi connectivity index (χ0v) is 14.5. The molecule has 1 atom stereocenters. The van der Waals surface area contributed by atoms with E-state index < -0.39 is 0 Å². The predicted molar refractivity (Wildman–Crippen MR) is 94.5 cm³/mol. The number of hydrogen-bond donors (Lipinski definition) is 0. The highest BCUT2D eigenvalue weighted by Crippen LogP contribution is 2.40. The highest BCUT2D eigenvalue weighted by molar-refractivity contribution is 7.10. The maximum Gasteiger partial charge on any atom is 0.256 e. The van der Waals surface area contributed by atoms with Gasteiger partial charge in [0, 0.05) is 22.5 Å². The smallest absolute Gasteiger partial charge is 0.256 e. The fourth-order valence-corrected chi connectivity index (χ4v) is 4.83. The molecule has 0 aromatic carbocycles. The number of rotatable bonds is 2. The van der Waals surface area contributed by atoms with Crippen molar-refractivity contribution in [1.82, 2.24) is 9.88 Å². The van der Waals surface area contributed by atoms with Gasteiger partial charge in [0.1, 0.15) is 5.15 Å². The molecule has 23 heavy (non-hydrogen) atoms. The Bertz CT molecular complexity index is 827. The second kappa shape index (κ2) is 6.07. The van der Waals surface area contributed by atoms with Gasteiger partial charge in [-0.15, -0.1) is 22.7 Å². The summed E-state index contributed by atoms with van der Waals surface area (Å²) in [6.45, 7) is 0.720. The lowest BCUT2D eigenvalue weighted by Gasteiger charge is -2.35. The van der Waals surface area contributed by atoms with E-state index in [0.29, 0.717) is 10.7 Å². The van der Waals surface area contributed by atoms with Crippen LogP contribution in [-0.4, -0.2) is 22.3 Å². The van der Waals surface area contributed by atoms with Gasteiger partial charge in [0.15, 0.2) is 0 Å². The van der Waals surface area contributed by atoms with Crippen molar-refractivity contribution in [2.75, 3.05) is 6.54 Å². The molecular formula is C17H13ClN2OS2. The average Bonchev–Trinajstić information content (AvgIpc) is 3.25. The highest BCUT2D eigenvalue weighted by atomic mass is 35.5. The Morgan fingerprint density at radius 3 is 2.87 bits per heavy atom. The number of fused-ring (bicyclic) bond motifs is 1. The Hall–Kier alpha value is -1.69. The van der Waals surface area contributed by atoms with Crippen molar-refractivity contribution in [1.29, 1.82) is 0 Å². The molecule has 4 heterocycles. The molecule has 0 N–H and O–H groups in total. The van der Waals surface area contributed by atoms with Crippen molar-refractivity contribution in [3.05, 3.63) is 73.3 Å². The molecule has 3 aromatic heterocycles. The Morgan fingerprint density at radius 1 is 1.22 bits per heavy atom. The molecule has 6 heteroatoms. The van der Waals surface area contributed by atoms with Crippen molar-refractivity contribution < 1.29 is 4.79 Å². The van der Waals surface area contributed by atoms with Crippen LogP contribution in [0.1, 0.15) is 31.7 Å². The minimum Gasteiger partial charge on any atom is -0.326 e. The van der Waals surface area contributed by atoms with Crippen LogP contribution < -0.4 is 0 Å². The SMILES string of the molecule is O=C(c1ccc(Cl)nc1)N1CCc2sccc2[C@H]1c1cccs1. The Labute approximate surface area is 147 Å². The lowest BCUT2D eigenvalue weighted by atomic mass is 9.97. The summed E-state index contributed by atoms with van der Waals surface area (Å²) in [4.78, 5) is 21.6. The Morgan fingerprint density at radius 2 is 2.13 bits per heavy atom. The van der Waals surface area contributed by atoms with Gasteiger partial charge in [-0.3, -0.25) is 4.79 Å². The number of amides is 1. The third kappa shape index (κ3) is 2.69. The monoisotopic (exact) mass is 360 g/mol. The van der Waals surface area contributed by atoms with Crippen LogP contribution in [0.4, 0.5) is 0 Å². The second-order valence-electron chi connectivity index (χ2n) is 5.34. The standard InChI is InChI=1S/C17H13ClN2OS2/c18-15-4-3-11(10-19-15)17(21)20-7-5-13-12(6-9-23-13)16(20)14-2-1-8-22-14/h1-4,6,8-10,16H,5,7H2/t16-/m0/s1. The largest absolute Gasteiger partial charge is 0.326 e. The maximum absolute atomic E-state index is 13.0. The van der Waals surface area contributed by atoms with E-state index in [4.69, 9.17) is 11.6 Å². The van der Waals surface area contributed by atoms with E-state index in [2.05, 4.69) is 27.9 Å². The van der Waals surface area contributed by atoms with Gasteiger partial charge in [-0.2, -0.15) is 0 Å². The van der Waals surface area contributed by atoms with Gasteiger partial charge in [0.2, 0.25) is 0 Å². The van der Waals surface area contributed by atoms with E-state index in [0.717, 1.165) is 13.0 Å². The minimum absolute atomic E-state index is 0.00409. The van der Waals surface area contributed by atoms with Crippen molar-refractivity contribution in [2.24, 2.45) is 0 Å². The summed E-state index contributed by atoms with van der Waals surface area (Å²) in [7, 11) is 0. The summed E-state index contributed by atoms with van der Waals surface area (Å²) in [5, 5.41) is 4.57. The number of nitrogens with zero attached hydrogens (tertiary/aromatic N) is 2. The molecule has 4 rings (SSSR count). The Kier molecular flexibility index (Phi) is 3.93. The summed E-state index contributed by atoms with van der Waals surface area (Å²) in [5.41, 5.74) is 1.83. The number of hydrogen-bond acceptors (Lipinski definition) is 4. The summed E-state index contributed by atoms with van der Waals surface area (Å²) >= 11 is 9.30. The van der Waals surface area contributed by atoms with Crippen LogP contribution in [0, 0.1) is 0 Å². The molecule has 0 spiro atoms. The fraction of sp³-hybridized carbons (Fsp3) is 0.176. The molecule has 3 nitrogen and oxygen atoms in total. The molecule has 0 unspecified atom stereocenters. The zero-order chi connectivity index (χ0) is 15.8. The van der Waals surface area contributed by atoms with Crippen LogP contribution in [0.2, 0.25) is 5.15 Å². The lowest BCUT2D eigenvalue weighted by Crippen LogP contribution is -2.39. The number of thiophene rings is 2. The predicted octanol–water partition coefficient (Wildman–Crippen LogP) is 4.65. The van der Waals surface area contributed by atoms with E-state index >= 15 is 0 Å². The molecule has 0 aliphatic carbocycles. The molecule has 1 aliphatic rings. The van der Waals surface area contributed by atoms with Gasteiger partial charge in [0.25, 0.3) is 5.91 Å². The third-order valence-corrected chi connectivity index (χ3v) is 6.16. The van der Waals surface area contributed by atoms with Gasteiger partial charge in [0.05, 0.1) is 11.6 Å². The quantitative estimate of drug-likeness (QED) is 0.623. The molecule has 0 fully saturated rings. The molecule has 116 valence electrons. The average molecular weight is 361 g/mol. The number of aromatic nitrogens is 1. The first-order valence-electron chi connectivity index (χ1n) is 7.26. The first kappa shape index (κ1) is 14.9. The van der Waals surface area contributed by atoms with Crippen LogP contribution in [0.3, 0.4) is 0 Å².